The Morgan fingerprint density at radius 1 is 1.09 bits per heavy atom. The maximum atomic E-state index is 12.1. The number of furan rings is 2. The van der Waals surface area contributed by atoms with Crippen LogP contribution in [-0.2, 0) is 0 Å². The number of carboxylic acid groups (broad SMARTS) is 1. The highest BCUT2D eigenvalue weighted by atomic mass is 16.4. The van der Waals surface area contributed by atoms with E-state index in [-0.39, 0.29) is 23.5 Å². The number of carboxylic acids is 1. The van der Waals surface area contributed by atoms with Crippen LogP contribution in [0.3, 0.4) is 0 Å². The van der Waals surface area contributed by atoms with Crippen LogP contribution in [-0.4, -0.2) is 33.7 Å². The first-order chi connectivity index (χ1) is 15.3. The van der Waals surface area contributed by atoms with Crippen LogP contribution in [0.25, 0.3) is 0 Å². The fourth-order valence-electron chi connectivity index (χ4n) is 3.47. The van der Waals surface area contributed by atoms with Crippen molar-refractivity contribution in [2.45, 2.75) is 44.2 Å². The number of aliphatic hydroxyl groups is 1. The molecule has 0 radical (unpaired) electrons. The summed E-state index contributed by atoms with van der Waals surface area (Å²) in [6.07, 6.45) is 5.50. The number of hydrogen-bond donors (Lipinski definition) is 3. The zero-order chi connectivity index (χ0) is 23.0. The SMILES string of the molecule is Cc1cccc(C#C[C@]2(O)CCC[C@H](NC(=O)c3ccco3)C2)c1.O=C(O)c1ccco1. The van der Waals surface area contributed by atoms with Crippen LogP contribution in [0.4, 0.5) is 0 Å². The molecule has 3 aromatic rings. The molecule has 1 amide bonds. The summed E-state index contributed by atoms with van der Waals surface area (Å²) < 4.78 is 9.60. The molecule has 7 heteroatoms. The second-order valence-corrected chi connectivity index (χ2v) is 7.68. The Labute approximate surface area is 186 Å². The molecule has 7 nitrogen and oxygen atoms in total. The number of rotatable bonds is 3. The Kier molecular flexibility index (Phi) is 7.53. The lowest BCUT2D eigenvalue weighted by molar-refractivity contribution is 0.0447. The molecule has 0 aliphatic heterocycles. The zero-order valence-electron chi connectivity index (χ0n) is 17.7. The van der Waals surface area contributed by atoms with Crippen molar-refractivity contribution in [2.75, 3.05) is 0 Å². The summed E-state index contributed by atoms with van der Waals surface area (Å²) in [6.45, 7) is 2.01. The predicted octanol–water partition coefficient (Wildman–Crippen LogP) is 4.02. The average molecular weight is 435 g/mol. The first-order valence-corrected chi connectivity index (χ1v) is 10.3. The molecule has 1 aromatic carbocycles. The molecule has 1 aliphatic carbocycles. The third-order valence-corrected chi connectivity index (χ3v) is 5.00. The van der Waals surface area contributed by atoms with E-state index < -0.39 is 11.6 Å². The molecule has 4 rings (SSSR count). The van der Waals surface area contributed by atoms with Crippen molar-refractivity contribution in [2.24, 2.45) is 0 Å². The van der Waals surface area contributed by atoms with E-state index in [1.165, 1.54) is 24.7 Å². The van der Waals surface area contributed by atoms with Crippen molar-refractivity contribution in [3.05, 3.63) is 83.7 Å². The normalized spacial score (nSPS) is 19.6. The van der Waals surface area contributed by atoms with Gasteiger partial charge in [0.25, 0.3) is 5.91 Å². The molecule has 1 fully saturated rings. The Balaban J connectivity index is 0.000000305. The van der Waals surface area contributed by atoms with Crippen molar-refractivity contribution in [1.82, 2.24) is 5.32 Å². The van der Waals surface area contributed by atoms with Crippen LogP contribution in [0.1, 0.15) is 57.9 Å². The standard InChI is InChI=1S/C20H21NO3.C5H4O3/c1-15-5-2-6-16(13-15)9-11-20(23)10-3-7-17(14-20)21-19(22)18-8-4-12-24-18;6-5(7)4-2-1-3-8-4/h2,4-6,8,12-13,17,23H,3,7,10,14H2,1H3,(H,21,22);1-3H,(H,6,7)/t17-,20+;/m0./s1. The first-order valence-electron chi connectivity index (χ1n) is 10.3. The average Bonchev–Trinajstić information content (AvgIpc) is 3.47. The van der Waals surface area contributed by atoms with Gasteiger partial charge in [0.2, 0.25) is 5.76 Å². The number of aromatic carboxylic acids is 1. The van der Waals surface area contributed by atoms with E-state index in [1.807, 2.05) is 31.2 Å². The minimum absolute atomic E-state index is 0.0231. The van der Waals surface area contributed by atoms with Gasteiger partial charge in [-0.15, -0.1) is 0 Å². The number of hydrogen-bond acceptors (Lipinski definition) is 5. The van der Waals surface area contributed by atoms with Gasteiger partial charge in [-0.25, -0.2) is 4.79 Å². The molecule has 2 atom stereocenters. The molecule has 32 heavy (non-hydrogen) atoms. The van der Waals surface area contributed by atoms with E-state index in [0.717, 1.165) is 24.0 Å². The lowest BCUT2D eigenvalue weighted by Gasteiger charge is -2.33. The molecule has 2 heterocycles. The van der Waals surface area contributed by atoms with Gasteiger partial charge >= 0.3 is 5.97 Å². The summed E-state index contributed by atoms with van der Waals surface area (Å²) >= 11 is 0. The van der Waals surface area contributed by atoms with Crippen LogP contribution in [0.5, 0.6) is 0 Å². The molecule has 0 spiro atoms. The third kappa shape index (κ3) is 6.62. The lowest BCUT2D eigenvalue weighted by Crippen LogP contribution is -2.45. The second-order valence-electron chi connectivity index (χ2n) is 7.68. The van der Waals surface area contributed by atoms with Crippen LogP contribution in [0.15, 0.2) is 69.9 Å². The molecule has 0 bridgehead atoms. The van der Waals surface area contributed by atoms with Gasteiger partial charge in [0.1, 0.15) is 5.60 Å². The molecule has 1 saturated carbocycles. The van der Waals surface area contributed by atoms with Crippen LogP contribution < -0.4 is 5.32 Å². The first kappa shape index (κ1) is 22.9. The summed E-state index contributed by atoms with van der Waals surface area (Å²) in [5.41, 5.74) is 0.967. The molecule has 2 aromatic heterocycles. The smallest absolute Gasteiger partial charge is 0.371 e. The van der Waals surface area contributed by atoms with Crippen molar-refractivity contribution in [3.8, 4) is 11.8 Å². The van der Waals surface area contributed by atoms with E-state index >= 15 is 0 Å². The van der Waals surface area contributed by atoms with Crippen molar-refractivity contribution >= 4 is 11.9 Å². The summed E-state index contributed by atoms with van der Waals surface area (Å²) in [5.74, 6) is 5.06. The van der Waals surface area contributed by atoms with Gasteiger partial charge < -0.3 is 24.4 Å². The molecule has 3 N–H and O–H groups in total. The number of carbonyl (C=O) groups excluding carboxylic acids is 1. The summed E-state index contributed by atoms with van der Waals surface area (Å²) in [4.78, 5) is 22.0. The van der Waals surface area contributed by atoms with E-state index in [0.29, 0.717) is 12.8 Å². The molecular formula is C25H25NO6. The largest absolute Gasteiger partial charge is 0.475 e. The fraction of sp³-hybridized carbons (Fsp3) is 0.280. The van der Waals surface area contributed by atoms with Gasteiger partial charge in [-0.1, -0.05) is 24.0 Å². The summed E-state index contributed by atoms with van der Waals surface area (Å²) in [5, 5.41) is 21.9. The van der Waals surface area contributed by atoms with E-state index in [1.54, 1.807) is 12.1 Å². The van der Waals surface area contributed by atoms with E-state index in [9.17, 15) is 14.7 Å². The topological polar surface area (TPSA) is 113 Å². The monoisotopic (exact) mass is 435 g/mol. The second kappa shape index (κ2) is 10.5. The number of aryl methyl sites for hydroxylation is 1. The third-order valence-electron chi connectivity index (χ3n) is 5.00. The van der Waals surface area contributed by atoms with Gasteiger partial charge in [-0.05, 0) is 68.1 Å². The Morgan fingerprint density at radius 2 is 1.81 bits per heavy atom. The fourth-order valence-corrected chi connectivity index (χ4v) is 3.47. The molecule has 166 valence electrons. The minimum Gasteiger partial charge on any atom is -0.475 e. The number of amides is 1. The maximum absolute atomic E-state index is 12.1. The zero-order valence-corrected chi connectivity index (χ0v) is 17.7. The Morgan fingerprint density at radius 3 is 2.41 bits per heavy atom. The minimum atomic E-state index is -1.07. The number of nitrogens with one attached hydrogen (secondary N) is 1. The van der Waals surface area contributed by atoms with Crippen molar-refractivity contribution in [3.63, 3.8) is 0 Å². The number of benzene rings is 1. The predicted molar refractivity (Wildman–Crippen MR) is 117 cm³/mol. The van der Waals surface area contributed by atoms with Gasteiger partial charge in [0.15, 0.2) is 5.76 Å². The highest BCUT2D eigenvalue weighted by Crippen LogP contribution is 2.28. The summed E-state index contributed by atoms with van der Waals surface area (Å²) in [7, 11) is 0. The van der Waals surface area contributed by atoms with Gasteiger partial charge in [-0.3, -0.25) is 4.79 Å². The molecule has 0 unspecified atom stereocenters. The van der Waals surface area contributed by atoms with E-state index in [4.69, 9.17) is 9.52 Å². The number of carbonyl (C=O) groups is 2. The van der Waals surface area contributed by atoms with Gasteiger partial charge in [-0.2, -0.15) is 0 Å². The van der Waals surface area contributed by atoms with Crippen molar-refractivity contribution < 1.29 is 28.6 Å². The van der Waals surface area contributed by atoms with Gasteiger partial charge in [0.05, 0.1) is 12.5 Å². The quantitative estimate of drug-likeness (QED) is 0.536. The maximum Gasteiger partial charge on any atom is 0.371 e. The van der Waals surface area contributed by atoms with Crippen LogP contribution in [0.2, 0.25) is 0 Å². The van der Waals surface area contributed by atoms with Crippen molar-refractivity contribution in [1.29, 1.82) is 0 Å². The Hall–Kier alpha value is -3.76. The van der Waals surface area contributed by atoms with E-state index in [2.05, 4.69) is 21.6 Å². The molecular weight excluding hydrogens is 410 g/mol. The highest BCUT2D eigenvalue weighted by molar-refractivity contribution is 5.91. The lowest BCUT2D eigenvalue weighted by atomic mass is 9.82. The van der Waals surface area contributed by atoms with Gasteiger partial charge in [0, 0.05) is 18.0 Å². The summed E-state index contributed by atoms with van der Waals surface area (Å²) in [6, 6.07) is 14.0. The molecule has 1 aliphatic rings. The highest BCUT2D eigenvalue weighted by Gasteiger charge is 2.33. The molecule has 0 saturated heterocycles. The Bertz CT molecular complexity index is 1090. The van der Waals surface area contributed by atoms with Crippen LogP contribution >= 0.6 is 0 Å². The van der Waals surface area contributed by atoms with Crippen LogP contribution in [0, 0.1) is 18.8 Å².